The third-order valence-electron chi connectivity index (χ3n) is 2.59. The van der Waals surface area contributed by atoms with Gasteiger partial charge in [0.25, 0.3) is 0 Å². The summed E-state index contributed by atoms with van der Waals surface area (Å²) in [5.74, 6) is -0.202. The number of rotatable bonds is 4. The zero-order valence-corrected chi connectivity index (χ0v) is 11.1. The van der Waals surface area contributed by atoms with Gasteiger partial charge >= 0.3 is 0 Å². The molecule has 0 saturated carbocycles. The van der Waals surface area contributed by atoms with E-state index in [1.807, 2.05) is 6.92 Å². The van der Waals surface area contributed by atoms with E-state index < -0.39 is 5.54 Å². The first-order chi connectivity index (χ1) is 7.86. The van der Waals surface area contributed by atoms with Crippen LogP contribution in [0.2, 0.25) is 5.15 Å². The summed E-state index contributed by atoms with van der Waals surface area (Å²) in [6.07, 6.45) is 1.50. The lowest BCUT2D eigenvalue weighted by Crippen LogP contribution is -2.48. The molecule has 1 rings (SSSR count). The number of nitrogens with one attached hydrogen (secondary N) is 1. The van der Waals surface area contributed by atoms with Crippen molar-refractivity contribution in [3.63, 3.8) is 0 Å². The molecule has 0 saturated heterocycles. The first-order valence-electron chi connectivity index (χ1n) is 5.60. The Hall–Kier alpha value is -1.13. The van der Waals surface area contributed by atoms with E-state index in [4.69, 9.17) is 17.3 Å². The van der Waals surface area contributed by atoms with Crippen LogP contribution in [-0.4, -0.2) is 16.4 Å². The molecule has 5 heteroatoms. The third-order valence-corrected chi connectivity index (χ3v) is 2.80. The maximum Gasteiger partial charge on any atom is 0.244 e. The molecule has 0 bridgehead atoms. The number of anilines is 1. The standard InChI is InChI=1S/C12H18ClN3O/c1-4-7-12(3,14)11(17)16-9-5-6-10(13)15-8(9)2/h5-6H,4,7,14H2,1-3H3,(H,16,17). The molecule has 17 heavy (non-hydrogen) atoms. The van der Waals surface area contributed by atoms with Gasteiger partial charge in [0.15, 0.2) is 0 Å². The number of hydrogen-bond acceptors (Lipinski definition) is 3. The minimum absolute atomic E-state index is 0.202. The van der Waals surface area contributed by atoms with Gasteiger partial charge in [0.05, 0.1) is 16.9 Å². The zero-order chi connectivity index (χ0) is 13.1. The Morgan fingerprint density at radius 1 is 1.59 bits per heavy atom. The van der Waals surface area contributed by atoms with Gasteiger partial charge in [-0.3, -0.25) is 4.79 Å². The van der Waals surface area contributed by atoms with Crippen LogP contribution in [0.3, 0.4) is 0 Å². The summed E-state index contributed by atoms with van der Waals surface area (Å²) in [5, 5.41) is 3.18. The molecule has 0 spiro atoms. The molecule has 1 aromatic heterocycles. The molecule has 0 aliphatic carbocycles. The second-order valence-corrected chi connectivity index (χ2v) is 4.78. The number of nitrogens with two attached hydrogens (primary N) is 1. The van der Waals surface area contributed by atoms with E-state index in [0.29, 0.717) is 23.0 Å². The van der Waals surface area contributed by atoms with Crippen LogP contribution < -0.4 is 11.1 Å². The van der Waals surface area contributed by atoms with Crippen molar-refractivity contribution in [2.24, 2.45) is 5.73 Å². The Balaban J connectivity index is 2.81. The molecule has 1 heterocycles. The third kappa shape index (κ3) is 3.68. The number of aryl methyl sites for hydroxylation is 1. The van der Waals surface area contributed by atoms with Crippen LogP contribution in [0.5, 0.6) is 0 Å². The maximum atomic E-state index is 12.0. The summed E-state index contributed by atoms with van der Waals surface area (Å²) < 4.78 is 0. The fourth-order valence-corrected chi connectivity index (χ4v) is 1.75. The predicted molar refractivity (Wildman–Crippen MR) is 70.1 cm³/mol. The van der Waals surface area contributed by atoms with Crippen molar-refractivity contribution in [1.29, 1.82) is 0 Å². The van der Waals surface area contributed by atoms with Crippen LogP contribution in [0, 0.1) is 6.92 Å². The highest BCUT2D eigenvalue weighted by molar-refractivity contribution is 6.29. The monoisotopic (exact) mass is 255 g/mol. The number of nitrogens with zero attached hydrogens (tertiary/aromatic N) is 1. The molecule has 0 fully saturated rings. The number of pyridine rings is 1. The van der Waals surface area contributed by atoms with Crippen LogP contribution >= 0.6 is 11.6 Å². The maximum absolute atomic E-state index is 12.0. The van der Waals surface area contributed by atoms with Gasteiger partial charge in [-0.05, 0) is 32.4 Å². The largest absolute Gasteiger partial charge is 0.323 e. The van der Waals surface area contributed by atoms with Crippen molar-refractivity contribution in [2.75, 3.05) is 5.32 Å². The second-order valence-electron chi connectivity index (χ2n) is 4.39. The van der Waals surface area contributed by atoms with E-state index in [9.17, 15) is 4.79 Å². The topological polar surface area (TPSA) is 68.0 Å². The van der Waals surface area contributed by atoms with Gasteiger partial charge in [-0.2, -0.15) is 0 Å². The molecule has 94 valence electrons. The summed E-state index contributed by atoms with van der Waals surface area (Å²) >= 11 is 5.74. The van der Waals surface area contributed by atoms with Crippen molar-refractivity contribution in [3.05, 3.63) is 23.0 Å². The molecule has 0 aliphatic heterocycles. The van der Waals surface area contributed by atoms with Gasteiger partial charge in [0.1, 0.15) is 5.15 Å². The SMILES string of the molecule is CCCC(C)(N)C(=O)Nc1ccc(Cl)nc1C. The van der Waals surface area contributed by atoms with E-state index in [1.165, 1.54) is 0 Å². The molecule has 4 nitrogen and oxygen atoms in total. The van der Waals surface area contributed by atoms with Crippen LogP contribution in [0.4, 0.5) is 5.69 Å². The number of hydrogen-bond donors (Lipinski definition) is 2. The highest BCUT2D eigenvalue weighted by atomic mass is 35.5. The Labute approximate surface area is 107 Å². The van der Waals surface area contributed by atoms with E-state index in [0.717, 1.165) is 6.42 Å². The summed E-state index contributed by atoms with van der Waals surface area (Å²) in [6.45, 7) is 5.51. The van der Waals surface area contributed by atoms with Crippen molar-refractivity contribution >= 4 is 23.2 Å². The quantitative estimate of drug-likeness (QED) is 0.813. The minimum atomic E-state index is -0.860. The summed E-state index contributed by atoms with van der Waals surface area (Å²) in [7, 11) is 0. The first-order valence-corrected chi connectivity index (χ1v) is 5.98. The van der Waals surface area contributed by atoms with Crippen LogP contribution in [0.15, 0.2) is 12.1 Å². The van der Waals surface area contributed by atoms with Crippen molar-refractivity contribution in [2.45, 2.75) is 39.2 Å². The van der Waals surface area contributed by atoms with Gasteiger partial charge in [0.2, 0.25) is 5.91 Å². The molecule has 0 aromatic carbocycles. The number of amides is 1. The Kier molecular flexibility index (Phi) is 4.48. The summed E-state index contributed by atoms with van der Waals surface area (Å²) in [5.41, 5.74) is 6.40. The molecule has 1 unspecified atom stereocenters. The first kappa shape index (κ1) is 13.9. The number of aromatic nitrogens is 1. The van der Waals surface area contributed by atoms with E-state index in [-0.39, 0.29) is 5.91 Å². The normalized spacial score (nSPS) is 14.2. The second kappa shape index (κ2) is 5.47. The Bertz CT molecular complexity index is 418. The molecular formula is C12H18ClN3O. The molecule has 0 aliphatic rings. The summed E-state index contributed by atoms with van der Waals surface area (Å²) in [6, 6.07) is 3.36. The predicted octanol–water partition coefficient (Wildman–Crippen LogP) is 2.50. The van der Waals surface area contributed by atoms with Crippen LogP contribution in [-0.2, 0) is 4.79 Å². The van der Waals surface area contributed by atoms with Crippen molar-refractivity contribution in [3.8, 4) is 0 Å². The average molecular weight is 256 g/mol. The molecule has 1 amide bonds. The number of carbonyl (C=O) groups excluding carboxylic acids is 1. The van der Waals surface area contributed by atoms with Gasteiger partial charge in [-0.25, -0.2) is 4.98 Å². The van der Waals surface area contributed by atoms with E-state index >= 15 is 0 Å². The van der Waals surface area contributed by atoms with Crippen molar-refractivity contribution < 1.29 is 4.79 Å². The molecule has 0 radical (unpaired) electrons. The van der Waals surface area contributed by atoms with Gasteiger partial charge < -0.3 is 11.1 Å². The van der Waals surface area contributed by atoms with Crippen LogP contribution in [0.25, 0.3) is 0 Å². The zero-order valence-electron chi connectivity index (χ0n) is 10.4. The van der Waals surface area contributed by atoms with Gasteiger partial charge in [-0.1, -0.05) is 24.9 Å². The molecule has 1 atom stereocenters. The fourth-order valence-electron chi connectivity index (χ4n) is 1.56. The summed E-state index contributed by atoms with van der Waals surface area (Å²) in [4.78, 5) is 16.0. The van der Waals surface area contributed by atoms with E-state index in [1.54, 1.807) is 26.0 Å². The number of carbonyl (C=O) groups is 1. The molecular weight excluding hydrogens is 238 g/mol. The average Bonchev–Trinajstić information content (AvgIpc) is 2.22. The lowest BCUT2D eigenvalue weighted by molar-refractivity contribution is -0.120. The number of halogens is 1. The Morgan fingerprint density at radius 3 is 2.76 bits per heavy atom. The smallest absolute Gasteiger partial charge is 0.244 e. The fraction of sp³-hybridized carbons (Fsp3) is 0.500. The minimum Gasteiger partial charge on any atom is -0.323 e. The molecule has 3 N–H and O–H groups in total. The van der Waals surface area contributed by atoms with Crippen molar-refractivity contribution in [1.82, 2.24) is 4.98 Å². The lowest BCUT2D eigenvalue weighted by atomic mass is 9.96. The highest BCUT2D eigenvalue weighted by Crippen LogP contribution is 2.18. The molecule has 1 aromatic rings. The Morgan fingerprint density at radius 2 is 2.24 bits per heavy atom. The van der Waals surface area contributed by atoms with Gasteiger partial charge in [-0.15, -0.1) is 0 Å². The van der Waals surface area contributed by atoms with Crippen LogP contribution in [0.1, 0.15) is 32.4 Å². The van der Waals surface area contributed by atoms with Gasteiger partial charge in [0, 0.05) is 0 Å². The highest BCUT2D eigenvalue weighted by Gasteiger charge is 2.27. The van der Waals surface area contributed by atoms with E-state index in [2.05, 4.69) is 10.3 Å². The lowest BCUT2D eigenvalue weighted by Gasteiger charge is -2.23.